The van der Waals surface area contributed by atoms with Gasteiger partial charge in [0.2, 0.25) is 0 Å². The largest absolute Gasteiger partial charge is 0.494 e. The van der Waals surface area contributed by atoms with Crippen LogP contribution in [-0.2, 0) is 6.54 Å². The molecule has 0 saturated heterocycles. The fourth-order valence-electron chi connectivity index (χ4n) is 2.50. The number of rotatable bonds is 7. The van der Waals surface area contributed by atoms with E-state index in [-0.39, 0.29) is 6.04 Å². The normalized spacial score (nSPS) is 13.9. The molecule has 1 N–H and O–H groups in total. The molecule has 0 saturated carbocycles. The second-order valence-corrected chi connectivity index (χ2v) is 5.59. The van der Waals surface area contributed by atoms with Crippen LogP contribution >= 0.6 is 0 Å². The molecule has 0 aliphatic rings. The smallest absolute Gasteiger partial charge is 0.119 e. The molecular weight excluding hydrogens is 274 g/mol. The number of aliphatic hydroxyl groups is 1. The van der Waals surface area contributed by atoms with Crippen molar-refractivity contribution in [2.24, 2.45) is 0 Å². The molecule has 0 aliphatic carbocycles. The summed E-state index contributed by atoms with van der Waals surface area (Å²) in [6.45, 7) is 5.47. The van der Waals surface area contributed by atoms with Crippen molar-refractivity contribution in [3.63, 3.8) is 0 Å². The number of ether oxygens (including phenoxy) is 1. The van der Waals surface area contributed by atoms with E-state index in [9.17, 15) is 5.11 Å². The van der Waals surface area contributed by atoms with Gasteiger partial charge in [-0.05, 0) is 44.2 Å². The molecule has 22 heavy (non-hydrogen) atoms. The molecule has 3 nitrogen and oxygen atoms in total. The highest BCUT2D eigenvalue weighted by Crippen LogP contribution is 2.22. The SMILES string of the molecule is CCOc1cccc(CN(C)C(C)C(O)c2ccccc2)c1. The van der Waals surface area contributed by atoms with Gasteiger partial charge in [-0.3, -0.25) is 4.90 Å². The molecular formula is C19H25NO2. The zero-order chi connectivity index (χ0) is 15.9. The Balaban J connectivity index is 2.02. The van der Waals surface area contributed by atoms with Crippen molar-refractivity contribution in [1.82, 2.24) is 4.90 Å². The summed E-state index contributed by atoms with van der Waals surface area (Å²) in [6.07, 6.45) is -0.499. The number of hydrogen-bond acceptors (Lipinski definition) is 3. The Bertz CT molecular complexity index is 571. The van der Waals surface area contributed by atoms with Crippen LogP contribution in [0.4, 0.5) is 0 Å². The molecule has 0 radical (unpaired) electrons. The van der Waals surface area contributed by atoms with Crippen LogP contribution in [0.5, 0.6) is 5.75 Å². The lowest BCUT2D eigenvalue weighted by atomic mass is 10.0. The number of nitrogens with zero attached hydrogens (tertiary/aromatic N) is 1. The van der Waals surface area contributed by atoms with Gasteiger partial charge in [0, 0.05) is 12.6 Å². The van der Waals surface area contributed by atoms with Gasteiger partial charge in [-0.2, -0.15) is 0 Å². The molecule has 2 atom stereocenters. The Morgan fingerprint density at radius 2 is 1.82 bits per heavy atom. The maximum atomic E-state index is 10.5. The van der Waals surface area contributed by atoms with E-state index < -0.39 is 6.10 Å². The van der Waals surface area contributed by atoms with Gasteiger partial charge >= 0.3 is 0 Å². The minimum Gasteiger partial charge on any atom is -0.494 e. The monoisotopic (exact) mass is 299 g/mol. The topological polar surface area (TPSA) is 32.7 Å². The molecule has 0 heterocycles. The van der Waals surface area contributed by atoms with Gasteiger partial charge in [0.1, 0.15) is 5.75 Å². The van der Waals surface area contributed by atoms with Crippen molar-refractivity contribution < 1.29 is 9.84 Å². The Kier molecular flexibility index (Phi) is 5.99. The van der Waals surface area contributed by atoms with E-state index in [4.69, 9.17) is 4.74 Å². The first-order valence-electron chi connectivity index (χ1n) is 7.76. The van der Waals surface area contributed by atoms with E-state index in [0.29, 0.717) is 6.61 Å². The van der Waals surface area contributed by atoms with Crippen LogP contribution < -0.4 is 4.74 Å². The standard InChI is InChI=1S/C19H25NO2/c1-4-22-18-12-8-9-16(13-18)14-20(3)15(2)19(21)17-10-6-5-7-11-17/h5-13,15,19,21H,4,14H2,1-3H3. The highest BCUT2D eigenvalue weighted by atomic mass is 16.5. The molecule has 3 heteroatoms. The van der Waals surface area contributed by atoms with Gasteiger partial charge in [-0.25, -0.2) is 0 Å². The molecule has 0 amide bonds. The van der Waals surface area contributed by atoms with E-state index in [1.165, 1.54) is 5.56 Å². The summed E-state index contributed by atoms with van der Waals surface area (Å²) >= 11 is 0. The van der Waals surface area contributed by atoms with Crippen LogP contribution in [0, 0.1) is 0 Å². The Labute approximate surface area is 133 Å². The second-order valence-electron chi connectivity index (χ2n) is 5.59. The minimum absolute atomic E-state index is 0.0261. The lowest BCUT2D eigenvalue weighted by molar-refractivity contribution is 0.0688. The Morgan fingerprint density at radius 1 is 1.09 bits per heavy atom. The first-order valence-corrected chi connectivity index (χ1v) is 7.76. The summed E-state index contributed by atoms with van der Waals surface area (Å²) in [6, 6.07) is 17.9. The highest BCUT2D eigenvalue weighted by Gasteiger charge is 2.20. The molecule has 2 rings (SSSR count). The highest BCUT2D eigenvalue weighted by molar-refractivity contribution is 5.28. The van der Waals surface area contributed by atoms with Gasteiger partial charge < -0.3 is 9.84 Å². The Morgan fingerprint density at radius 3 is 2.50 bits per heavy atom. The van der Waals surface area contributed by atoms with E-state index in [0.717, 1.165) is 17.9 Å². The summed E-state index contributed by atoms with van der Waals surface area (Å²) in [4.78, 5) is 2.16. The molecule has 0 aliphatic heterocycles. The van der Waals surface area contributed by atoms with E-state index in [1.807, 2.05) is 63.4 Å². The number of hydrogen-bond donors (Lipinski definition) is 1. The summed E-state index contributed by atoms with van der Waals surface area (Å²) in [5, 5.41) is 10.5. The predicted molar refractivity (Wildman–Crippen MR) is 89.9 cm³/mol. The van der Waals surface area contributed by atoms with Gasteiger partial charge in [0.15, 0.2) is 0 Å². The van der Waals surface area contributed by atoms with Crippen LogP contribution in [0.15, 0.2) is 54.6 Å². The third-order valence-corrected chi connectivity index (χ3v) is 3.93. The van der Waals surface area contributed by atoms with Gasteiger partial charge in [0.05, 0.1) is 12.7 Å². The molecule has 0 aromatic heterocycles. The second kappa shape index (κ2) is 7.97. The number of benzene rings is 2. The predicted octanol–water partition coefficient (Wildman–Crippen LogP) is 3.64. The molecule has 2 unspecified atom stereocenters. The van der Waals surface area contributed by atoms with Crippen molar-refractivity contribution in [2.75, 3.05) is 13.7 Å². The molecule has 118 valence electrons. The van der Waals surface area contributed by atoms with Crippen molar-refractivity contribution in [3.05, 3.63) is 65.7 Å². The molecule has 0 fully saturated rings. The van der Waals surface area contributed by atoms with Gasteiger partial charge in [-0.1, -0.05) is 42.5 Å². The van der Waals surface area contributed by atoms with Crippen molar-refractivity contribution in [1.29, 1.82) is 0 Å². The fraction of sp³-hybridized carbons (Fsp3) is 0.368. The summed E-state index contributed by atoms with van der Waals surface area (Å²) in [5.74, 6) is 0.893. The van der Waals surface area contributed by atoms with Crippen LogP contribution in [0.3, 0.4) is 0 Å². The average Bonchev–Trinajstić information content (AvgIpc) is 2.55. The number of likely N-dealkylation sites (N-methyl/N-ethyl adjacent to an activating group) is 1. The minimum atomic E-state index is -0.499. The van der Waals surface area contributed by atoms with E-state index in [2.05, 4.69) is 17.0 Å². The Hall–Kier alpha value is -1.84. The number of aliphatic hydroxyl groups excluding tert-OH is 1. The van der Waals surface area contributed by atoms with Crippen LogP contribution in [0.2, 0.25) is 0 Å². The van der Waals surface area contributed by atoms with Crippen LogP contribution in [0.1, 0.15) is 31.1 Å². The molecule has 2 aromatic carbocycles. The van der Waals surface area contributed by atoms with Gasteiger partial charge in [-0.15, -0.1) is 0 Å². The zero-order valence-electron chi connectivity index (χ0n) is 13.6. The van der Waals surface area contributed by atoms with Crippen LogP contribution in [0.25, 0.3) is 0 Å². The molecule has 0 spiro atoms. The first kappa shape index (κ1) is 16.5. The zero-order valence-corrected chi connectivity index (χ0v) is 13.6. The summed E-state index contributed by atoms with van der Waals surface area (Å²) < 4.78 is 5.54. The van der Waals surface area contributed by atoms with Crippen molar-refractivity contribution >= 4 is 0 Å². The maximum Gasteiger partial charge on any atom is 0.119 e. The van der Waals surface area contributed by atoms with Crippen LogP contribution in [-0.4, -0.2) is 29.7 Å². The maximum absolute atomic E-state index is 10.5. The molecule has 0 bridgehead atoms. The van der Waals surface area contributed by atoms with E-state index in [1.54, 1.807) is 0 Å². The third kappa shape index (κ3) is 4.33. The van der Waals surface area contributed by atoms with Gasteiger partial charge in [0.25, 0.3) is 0 Å². The third-order valence-electron chi connectivity index (χ3n) is 3.93. The quantitative estimate of drug-likeness (QED) is 0.847. The van der Waals surface area contributed by atoms with Crippen molar-refractivity contribution in [3.8, 4) is 5.75 Å². The summed E-state index contributed by atoms with van der Waals surface area (Å²) in [7, 11) is 2.03. The van der Waals surface area contributed by atoms with Crippen molar-refractivity contribution in [2.45, 2.75) is 32.5 Å². The fourth-order valence-corrected chi connectivity index (χ4v) is 2.50. The lowest BCUT2D eigenvalue weighted by Gasteiger charge is -2.29. The van der Waals surface area contributed by atoms with E-state index >= 15 is 0 Å². The summed E-state index contributed by atoms with van der Waals surface area (Å²) in [5.41, 5.74) is 2.13. The lowest BCUT2D eigenvalue weighted by Crippen LogP contribution is -2.33. The molecule has 2 aromatic rings. The average molecular weight is 299 g/mol. The first-order chi connectivity index (χ1) is 10.6.